The van der Waals surface area contributed by atoms with Crippen molar-refractivity contribution in [3.63, 3.8) is 0 Å². The number of rotatable bonds is 12. The Bertz CT molecular complexity index is 2210. The molecule has 55 heavy (non-hydrogen) atoms. The second-order valence-corrected chi connectivity index (χ2v) is 19.5. The van der Waals surface area contributed by atoms with E-state index in [1.807, 2.05) is 23.9 Å². The van der Waals surface area contributed by atoms with E-state index in [0.717, 1.165) is 19.3 Å². The molecule has 0 amide bonds. The molecule has 4 aromatic rings. The smallest absolute Gasteiger partial charge is 0.380 e. The molecule has 2 bridgehead atoms. The summed E-state index contributed by atoms with van der Waals surface area (Å²) < 4.78 is 49.4. The second-order valence-electron chi connectivity index (χ2n) is 18.0. The Hall–Kier alpha value is -4.46. The van der Waals surface area contributed by atoms with Crippen molar-refractivity contribution in [2.24, 2.45) is 11.3 Å². The summed E-state index contributed by atoms with van der Waals surface area (Å²) in [7, 11) is -4.31. The Morgan fingerprint density at radius 1 is 1.04 bits per heavy atom. The van der Waals surface area contributed by atoms with Gasteiger partial charge in [-0.1, -0.05) is 32.1 Å². The van der Waals surface area contributed by atoms with E-state index in [1.165, 1.54) is 12.3 Å². The van der Waals surface area contributed by atoms with Crippen LogP contribution in [0.4, 0.5) is 15.8 Å². The third-order valence-electron chi connectivity index (χ3n) is 10.3. The summed E-state index contributed by atoms with van der Waals surface area (Å²) >= 11 is 0. The third-order valence-corrected chi connectivity index (χ3v) is 12.3. The van der Waals surface area contributed by atoms with Gasteiger partial charge in [-0.2, -0.15) is 14.9 Å². The van der Waals surface area contributed by atoms with Gasteiger partial charge >= 0.3 is 7.82 Å². The SMILES string of the molecule is Cc1nc(F)ccc1[C@@H](c1cn(C23CC(C2)C3)nn1)N(COP(=O)(OC(C)(C)C)OC(C)(C)C)c1cc(C#N)c2ncc(C#N)c(NC(C)C(C)(C)C)c2c1. The highest BCUT2D eigenvalue weighted by Crippen LogP contribution is 2.62. The Balaban J connectivity index is 1.60. The van der Waals surface area contributed by atoms with Crippen molar-refractivity contribution in [3.05, 3.63) is 70.7 Å². The van der Waals surface area contributed by atoms with Crippen molar-refractivity contribution >= 4 is 30.1 Å². The van der Waals surface area contributed by atoms with Gasteiger partial charge in [0.15, 0.2) is 0 Å². The van der Waals surface area contributed by atoms with E-state index < -0.39 is 37.7 Å². The molecule has 2 atom stereocenters. The molecule has 3 heterocycles. The second kappa shape index (κ2) is 14.2. The summed E-state index contributed by atoms with van der Waals surface area (Å²) in [6.07, 6.45) is 6.43. The third kappa shape index (κ3) is 8.39. The number of nitrogens with one attached hydrogen (secondary N) is 1. The van der Waals surface area contributed by atoms with E-state index >= 15 is 0 Å². The largest absolute Gasteiger partial charge is 0.477 e. The predicted molar refractivity (Wildman–Crippen MR) is 208 cm³/mol. The molecule has 1 N–H and O–H groups in total. The maximum Gasteiger partial charge on any atom is 0.477 e. The highest BCUT2D eigenvalue weighted by Gasteiger charge is 2.59. The number of halogens is 1. The molecule has 3 saturated carbocycles. The fraction of sp³-hybridized carbons (Fsp3) is 0.550. The summed E-state index contributed by atoms with van der Waals surface area (Å²) in [5.41, 5.74) is 1.17. The van der Waals surface area contributed by atoms with Crippen LogP contribution in [0.15, 0.2) is 36.7 Å². The Kier molecular flexibility index (Phi) is 10.4. The van der Waals surface area contributed by atoms with Crippen LogP contribution >= 0.6 is 7.82 Å². The molecule has 0 radical (unpaired) electrons. The van der Waals surface area contributed by atoms with E-state index in [9.17, 15) is 19.5 Å². The number of aromatic nitrogens is 5. The Morgan fingerprint density at radius 3 is 2.20 bits per heavy atom. The van der Waals surface area contributed by atoms with Crippen molar-refractivity contribution in [1.29, 1.82) is 10.5 Å². The summed E-state index contributed by atoms with van der Waals surface area (Å²) in [6, 6.07) is 9.98. The Labute approximate surface area is 322 Å². The number of phosphoric acid groups is 1. The van der Waals surface area contributed by atoms with Gasteiger partial charge in [-0.3, -0.25) is 18.6 Å². The normalized spacial score (nSPS) is 19.5. The van der Waals surface area contributed by atoms with Gasteiger partial charge in [0.25, 0.3) is 0 Å². The van der Waals surface area contributed by atoms with E-state index in [4.69, 9.17) is 13.6 Å². The molecule has 292 valence electrons. The van der Waals surface area contributed by atoms with Crippen molar-refractivity contribution in [2.75, 3.05) is 16.9 Å². The lowest BCUT2D eigenvalue weighted by molar-refractivity contribution is -0.0989. The van der Waals surface area contributed by atoms with Gasteiger partial charge in [-0.05, 0) is 104 Å². The lowest BCUT2D eigenvalue weighted by atomic mass is 9.50. The van der Waals surface area contributed by atoms with Gasteiger partial charge in [0.2, 0.25) is 5.95 Å². The quantitative estimate of drug-likeness (QED) is 0.0827. The lowest BCUT2D eigenvalue weighted by Crippen LogP contribution is -2.59. The molecule has 3 fully saturated rings. The van der Waals surface area contributed by atoms with Crippen LogP contribution in [0.1, 0.15) is 123 Å². The molecule has 15 heteroatoms. The van der Waals surface area contributed by atoms with Gasteiger partial charge in [-0.15, -0.1) is 5.10 Å². The monoisotopic (exact) mass is 771 g/mol. The zero-order chi connectivity index (χ0) is 40.3. The number of hydrogen-bond donors (Lipinski definition) is 1. The van der Waals surface area contributed by atoms with Gasteiger partial charge in [0, 0.05) is 34.6 Å². The number of anilines is 2. The fourth-order valence-electron chi connectivity index (χ4n) is 7.05. The molecule has 13 nitrogen and oxygen atoms in total. The molecular formula is C40H51FN9O4P. The zero-order valence-electron chi connectivity index (χ0n) is 33.6. The molecule has 3 aromatic heterocycles. The van der Waals surface area contributed by atoms with Gasteiger partial charge < -0.3 is 10.2 Å². The molecule has 0 spiro atoms. The number of benzene rings is 1. The first-order valence-electron chi connectivity index (χ1n) is 18.6. The highest BCUT2D eigenvalue weighted by atomic mass is 31.2. The number of phosphoric ester groups is 1. The van der Waals surface area contributed by atoms with Crippen LogP contribution in [0, 0.1) is 46.9 Å². The molecule has 0 aliphatic heterocycles. The molecular weight excluding hydrogens is 720 g/mol. The van der Waals surface area contributed by atoms with E-state index in [1.54, 1.807) is 65.5 Å². The van der Waals surface area contributed by atoms with E-state index in [2.05, 4.69) is 58.5 Å². The van der Waals surface area contributed by atoms with Crippen LogP contribution in [-0.4, -0.2) is 48.9 Å². The highest BCUT2D eigenvalue weighted by molar-refractivity contribution is 7.48. The maximum absolute atomic E-state index is 14.6. The molecule has 1 aromatic carbocycles. The number of aryl methyl sites for hydroxylation is 1. The Morgan fingerprint density at radius 2 is 1.67 bits per heavy atom. The van der Waals surface area contributed by atoms with E-state index in [0.29, 0.717) is 50.7 Å². The van der Waals surface area contributed by atoms with Gasteiger partial charge in [-0.25, -0.2) is 14.2 Å². The average molecular weight is 772 g/mol. The summed E-state index contributed by atoms with van der Waals surface area (Å²) in [6.45, 7) is 20.1. The minimum absolute atomic E-state index is 0.0880. The molecule has 3 aliphatic rings. The number of nitrogens with zero attached hydrogens (tertiary/aromatic N) is 8. The van der Waals surface area contributed by atoms with Crippen LogP contribution in [0.25, 0.3) is 10.9 Å². The van der Waals surface area contributed by atoms with Crippen molar-refractivity contribution in [3.8, 4) is 12.1 Å². The zero-order valence-corrected chi connectivity index (χ0v) is 34.5. The van der Waals surface area contributed by atoms with Gasteiger partial charge in [0.1, 0.15) is 30.6 Å². The first-order valence-corrected chi connectivity index (χ1v) is 20.0. The van der Waals surface area contributed by atoms with Crippen molar-refractivity contribution in [2.45, 2.75) is 124 Å². The first kappa shape index (κ1) is 40.2. The number of pyridine rings is 2. The number of fused-ring (bicyclic) bond motifs is 1. The fourth-order valence-corrected chi connectivity index (χ4v) is 8.80. The van der Waals surface area contributed by atoms with Crippen LogP contribution in [0.3, 0.4) is 0 Å². The first-order chi connectivity index (χ1) is 25.5. The van der Waals surface area contributed by atoms with Crippen molar-refractivity contribution in [1.82, 2.24) is 25.0 Å². The van der Waals surface area contributed by atoms with Crippen molar-refractivity contribution < 1.29 is 22.5 Å². The summed E-state index contributed by atoms with van der Waals surface area (Å²) in [4.78, 5) is 10.5. The number of hydrogen-bond acceptors (Lipinski definition) is 12. The molecule has 1 unspecified atom stereocenters. The summed E-state index contributed by atoms with van der Waals surface area (Å²) in [5, 5.41) is 34.2. The average Bonchev–Trinajstić information content (AvgIpc) is 3.48. The number of nitriles is 2. The van der Waals surface area contributed by atoms with Gasteiger partial charge in [0.05, 0.1) is 45.3 Å². The molecule has 3 aliphatic carbocycles. The standard InChI is InChI=1S/C40H51FN9O4P/c1-24-30(12-13-33(41)45-24)36(32-22-50(48-47-32)40-16-26(17-40)18-40)49(23-52-55(51,53-38(6,7)8)54-39(9,10)11)29-14-27(19-42)34-31(15-29)35(28(20-43)21-44-34)46-25(2)37(3,4)5/h12-15,21-22,25-26,36H,16-18,23H2,1-11H3,(H,44,46)/t25?,26?,36-,40?/m0/s1. The predicted octanol–water partition coefficient (Wildman–Crippen LogP) is 9.08. The lowest BCUT2D eigenvalue weighted by Gasteiger charge is -2.61. The van der Waals surface area contributed by atoms with E-state index in [-0.39, 0.29) is 22.6 Å². The molecule has 7 rings (SSSR count). The molecule has 0 saturated heterocycles. The summed E-state index contributed by atoms with van der Waals surface area (Å²) in [5.74, 6) is 0.0348. The maximum atomic E-state index is 14.6. The van der Waals surface area contributed by atoms with Crippen LogP contribution < -0.4 is 10.2 Å². The van der Waals surface area contributed by atoms with Crippen LogP contribution in [-0.2, 0) is 23.7 Å². The minimum Gasteiger partial charge on any atom is -0.380 e. The topological polar surface area (TPSA) is 164 Å². The minimum atomic E-state index is -4.31. The van der Waals surface area contributed by atoms with Crippen LogP contribution in [0.2, 0.25) is 0 Å². The van der Waals surface area contributed by atoms with Crippen LogP contribution in [0.5, 0.6) is 0 Å².